The summed E-state index contributed by atoms with van der Waals surface area (Å²) < 4.78 is 32.1. The molecule has 1 aromatic rings. The Bertz CT molecular complexity index is 923. The van der Waals surface area contributed by atoms with Crippen LogP contribution in [0.1, 0.15) is 39.2 Å². The van der Waals surface area contributed by atoms with Gasteiger partial charge in [0.05, 0.1) is 11.4 Å². The van der Waals surface area contributed by atoms with Gasteiger partial charge in [-0.2, -0.15) is 4.31 Å². The first-order valence-electron chi connectivity index (χ1n) is 9.90. The second-order valence-corrected chi connectivity index (χ2v) is 10.3. The van der Waals surface area contributed by atoms with Gasteiger partial charge in [-0.1, -0.05) is 17.7 Å². The number of carbonyl (C=O) groups is 3. The highest BCUT2D eigenvalue weighted by Crippen LogP contribution is 2.26. The quantitative estimate of drug-likeness (QED) is 0.561. The monoisotopic (exact) mass is 455 g/mol. The number of aryl methyl sites for hydroxylation is 1. The number of carbonyl (C=O) groups excluding carboxylic acids is 2. The lowest BCUT2D eigenvalue weighted by Crippen LogP contribution is -2.54. The lowest BCUT2D eigenvalue weighted by molar-refractivity contribution is -0.142. The second-order valence-electron chi connectivity index (χ2n) is 8.37. The average molecular weight is 456 g/mol. The number of carboxylic acid groups (broad SMARTS) is 1. The number of aliphatic carboxylic acids is 1. The summed E-state index contributed by atoms with van der Waals surface area (Å²) >= 11 is 0. The van der Waals surface area contributed by atoms with E-state index in [2.05, 4.69) is 10.6 Å². The van der Waals surface area contributed by atoms with E-state index >= 15 is 0 Å². The van der Waals surface area contributed by atoms with Gasteiger partial charge in [0.25, 0.3) is 0 Å². The number of sulfonamides is 1. The van der Waals surface area contributed by atoms with Crippen LogP contribution in [0.15, 0.2) is 29.2 Å². The molecule has 3 N–H and O–H groups in total. The van der Waals surface area contributed by atoms with Gasteiger partial charge in [-0.15, -0.1) is 0 Å². The topological polar surface area (TPSA) is 142 Å². The molecule has 2 atom stereocenters. The van der Waals surface area contributed by atoms with E-state index in [9.17, 15) is 27.9 Å². The second kappa shape index (κ2) is 9.65. The molecule has 31 heavy (non-hydrogen) atoms. The maximum Gasteiger partial charge on any atom is 0.407 e. The molecule has 1 fully saturated rings. The molecule has 0 radical (unpaired) electrons. The minimum Gasteiger partial charge on any atom is -0.480 e. The zero-order valence-electron chi connectivity index (χ0n) is 18.0. The maximum absolute atomic E-state index is 13.0. The van der Waals surface area contributed by atoms with Crippen LogP contribution in [-0.4, -0.2) is 66.6 Å². The Morgan fingerprint density at radius 3 is 2.39 bits per heavy atom. The minimum atomic E-state index is -3.92. The molecule has 1 saturated heterocycles. The number of nitrogens with zero attached hydrogens (tertiary/aromatic N) is 1. The van der Waals surface area contributed by atoms with Crippen LogP contribution in [0.4, 0.5) is 4.79 Å². The van der Waals surface area contributed by atoms with E-state index < -0.39 is 52.2 Å². The smallest absolute Gasteiger partial charge is 0.407 e. The first-order valence-corrected chi connectivity index (χ1v) is 11.3. The Kier molecular flexibility index (Phi) is 7.66. The van der Waals surface area contributed by atoms with Gasteiger partial charge >= 0.3 is 12.1 Å². The number of alkyl carbamates (subject to hydrolysis) is 1. The molecule has 0 aromatic heterocycles. The zero-order chi connectivity index (χ0) is 23.4. The Balaban J connectivity index is 2.08. The van der Waals surface area contributed by atoms with E-state index in [0.717, 1.165) is 9.87 Å². The van der Waals surface area contributed by atoms with Crippen LogP contribution in [0.25, 0.3) is 0 Å². The largest absolute Gasteiger partial charge is 0.480 e. The first kappa shape index (κ1) is 24.6. The Hall–Kier alpha value is -2.66. The van der Waals surface area contributed by atoms with E-state index in [1.165, 1.54) is 12.1 Å². The molecule has 2 amide bonds. The van der Waals surface area contributed by atoms with Gasteiger partial charge in [-0.05, 0) is 52.7 Å². The van der Waals surface area contributed by atoms with E-state index in [1.54, 1.807) is 32.9 Å². The molecule has 1 aromatic carbocycles. The van der Waals surface area contributed by atoms with Crippen LogP contribution in [0.2, 0.25) is 0 Å². The summed E-state index contributed by atoms with van der Waals surface area (Å²) in [6.07, 6.45) is -0.0859. The molecule has 1 aliphatic heterocycles. The molecule has 0 unspecified atom stereocenters. The van der Waals surface area contributed by atoms with Gasteiger partial charge in [0.2, 0.25) is 15.9 Å². The molecule has 11 heteroatoms. The number of benzene rings is 1. The van der Waals surface area contributed by atoms with Crippen molar-refractivity contribution in [1.82, 2.24) is 14.9 Å². The van der Waals surface area contributed by atoms with Gasteiger partial charge < -0.3 is 20.5 Å². The van der Waals surface area contributed by atoms with Gasteiger partial charge in [0.1, 0.15) is 17.7 Å². The number of ether oxygens (including phenoxy) is 1. The van der Waals surface area contributed by atoms with Crippen LogP contribution < -0.4 is 10.6 Å². The number of hydrogen-bond acceptors (Lipinski definition) is 6. The fourth-order valence-corrected chi connectivity index (χ4v) is 4.76. The summed E-state index contributed by atoms with van der Waals surface area (Å²) in [5.74, 6) is -2.10. The highest BCUT2D eigenvalue weighted by atomic mass is 32.2. The summed E-state index contributed by atoms with van der Waals surface area (Å²) in [6.45, 7) is 6.56. The summed E-state index contributed by atoms with van der Waals surface area (Å²) in [5, 5.41) is 14.0. The summed E-state index contributed by atoms with van der Waals surface area (Å²) in [6, 6.07) is 3.81. The van der Waals surface area contributed by atoms with Crippen molar-refractivity contribution in [3.8, 4) is 0 Å². The maximum atomic E-state index is 13.0. The fraction of sp³-hybridized carbons (Fsp3) is 0.550. The van der Waals surface area contributed by atoms with E-state index in [0.29, 0.717) is 6.42 Å². The Labute approximate surface area is 182 Å². The van der Waals surface area contributed by atoms with E-state index in [4.69, 9.17) is 4.74 Å². The molecule has 10 nitrogen and oxygen atoms in total. The van der Waals surface area contributed by atoms with E-state index in [-0.39, 0.29) is 17.9 Å². The SMILES string of the molecule is Cc1ccc(S(=O)(=O)N2CCC[C@@H]2C(=O)N[C@@H](CNC(=O)OC(C)(C)C)C(=O)O)cc1. The number of nitrogens with one attached hydrogen (secondary N) is 2. The molecule has 0 bridgehead atoms. The number of rotatable bonds is 7. The summed E-state index contributed by atoms with van der Waals surface area (Å²) in [7, 11) is -3.92. The van der Waals surface area contributed by atoms with Crippen molar-refractivity contribution in [2.24, 2.45) is 0 Å². The van der Waals surface area contributed by atoms with Crippen LogP contribution in [0.3, 0.4) is 0 Å². The molecule has 0 spiro atoms. The molecule has 1 aliphatic rings. The van der Waals surface area contributed by atoms with Crippen LogP contribution in [0.5, 0.6) is 0 Å². The average Bonchev–Trinajstić information content (AvgIpc) is 3.14. The summed E-state index contributed by atoms with van der Waals surface area (Å²) in [4.78, 5) is 36.1. The van der Waals surface area contributed by atoms with Crippen molar-refractivity contribution in [2.45, 2.75) is 63.1 Å². The lowest BCUT2D eigenvalue weighted by atomic mass is 10.2. The molecule has 0 saturated carbocycles. The van der Waals surface area contributed by atoms with E-state index in [1.807, 2.05) is 6.92 Å². The summed E-state index contributed by atoms with van der Waals surface area (Å²) in [5.41, 5.74) is 0.136. The lowest BCUT2D eigenvalue weighted by Gasteiger charge is -2.25. The van der Waals surface area contributed by atoms with Gasteiger partial charge in [-0.25, -0.2) is 18.0 Å². The molecule has 1 heterocycles. The molecule has 0 aliphatic carbocycles. The number of carboxylic acids is 1. The van der Waals surface area contributed by atoms with Gasteiger partial charge in [0.15, 0.2) is 0 Å². The van der Waals surface area contributed by atoms with Gasteiger partial charge in [-0.3, -0.25) is 4.79 Å². The van der Waals surface area contributed by atoms with Gasteiger partial charge in [0, 0.05) is 6.54 Å². The predicted octanol–water partition coefficient (Wildman–Crippen LogP) is 1.24. The van der Waals surface area contributed by atoms with Crippen molar-refractivity contribution in [1.29, 1.82) is 0 Å². The Morgan fingerprint density at radius 1 is 1.23 bits per heavy atom. The van der Waals surface area contributed by atoms with Crippen LogP contribution >= 0.6 is 0 Å². The molecular weight excluding hydrogens is 426 g/mol. The first-order chi connectivity index (χ1) is 14.3. The van der Waals surface area contributed by atoms with Crippen molar-refractivity contribution in [2.75, 3.05) is 13.1 Å². The number of amides is 2. The zero-order valence-corrected chi connectivity index (χ0v) is 18.9. The third-order valence-corrected chi connectivity index (χ3v) is 6.52. The van der Waals surface area contributed by atoms with Crippen LogP contribution in [0, 0.1) is 6.92 Å². The molecule has 2 rings (SSSR count). The molecule has 172 valence electrons. The highest BCUT2D eigenvalue weighted by molar-refractivity contribution is 7.89. The van der Waals surface area contributed by atoms with Crippen LogP contribution in [-0.2, 0) is 24.3 Å². The third-order valence-electron chi connectivity index (χ3n) is 4.60. The third kappa shape index (κ3) is 6.66. The number of hydrogen-bond donors (Lipinski definition) is 3. The van der Waals surface area contributed by atoms with Crippen molar-refractivity contribution in [3.63, 3.8) is 0 Å². The minimum absolute atomic E-state index is 0.0687. The normalized spacial score (nSPS) is 18.3. The predicted molar refractivity (Wildman–Crippen MR) is 112 cm³/mol. The standard InChI is InChI=1S/C20H29N3O7S/c1-13-7-9-14(10-8-13)31(28,29)23-11-5-6-16(23)17(24)22-15(18(25)26)12-21-19(27)30-20(2,3)4/h7-10,15-16H,5-6,11-12H2,1-4H3,(H,21,27)(H,22,24)(H,25,26)/t15-,16+/m0/s1. The van der Waals surface area contributed by atoms with Crippen molar-refractivity contribution < 1.29 is 32.6 Å². The van der Waals surface area contributed by atoms with Crippen molar-refractivity contribution >= 4 is 28.0 Å². The fourth-order valence-electron chi connectivity index (χ4n) is 3.10. The van der Waals surface area contributed by atoms with Crippen molar-refractivity contribution in [3.05, 3.63) is 29.8 Å². The molecular formula is C20H29N3O7S. The highest BCUT2D eigenvalue weighted by Gasteiger charge is 2.40. The Morgan fingerprint density at radius 2 is 1.84 bits per heavy atom.